The largest absolute Gasteiger partial charge is 0.327 e. The van der Waals surface area contributed by atoms with Crippen LogP contribution < -0.4 is 10.2 Å². The maximum Gasteiger partial charge on any atom is 0.292 e. The zero-order chi connectivity index (χ0) is 16.2. The molecule has 124 valence electrons. The lowest BCUT2D eigenvalue weighted by Crippen LogP contribution is -3.15. The summed E-state index contributed by atoms with van der Waals surface area (Å²) in [6.45, 7) is 2.50. The van der Waals surface area contributed by atoms with Gasteiger partial charge in [-0.15, -0.1) is 0 Å². The number of piperidine rings is 1. The molecule has 2 aliphatic rings. The van der Waals surface area contributed by atoms with E-state index in [1.165, 1.54) is 43.1 Å². The van der Waals surface area contributed by atoms with Gasteiger partial charge in [0.05, 0.1) is 18.0 Å². The summed E-state index contributed by atoms with van der Waals surface area (Å²) in [6, 6.07) is 6.30. The number of likely N-dealkylation sites (tertiary alicyclic amines) is 1. The third-order valence-electron chi connectivity index (χ3n) is 5.27. The Morgan fingerprint density at radius 1 is 1.22 bits per heavy atom. The van der Waals surface area contributed by atoms with Crippen molar-refractivity contribution in [3.05, 3.63) is 34.4 Å². The smallest absolute Gasteiger partial charge is 0.292 e. The number of benzene rings is 1. The van der Waals surface area contributed by atoms with Crippen molar-refractivity contribution in [2.24, 2.45) is 11.8 Å². The van der Waals surface area contributed by atoms with Crippen molar-refractivity contribution >= 4 is 17.3 Å². The van der Waals surface area contributed by atoms with Gasteiger partial charge < -0.3 is 10.2 Å². The molecule has 1 saturated carbocycles. The second kappa shape index (κ2) is 7.08. The molecule has 1 unspecified atom stereocenters. The zero-order valence-corrected chi connectivity index (χ0v) is 13.3. The Bertz CT molecular complexity index is 590. The Balaban J connectivity index is 1.57. The number of carbonyl (C=O) groups excluding carboxylic acids is 1. The maximum atomic E-state index is 12.3. The van der Waals surface area contributed by atoms with Gasteiger partial charge in [0.25, 0.3) is 11.6 Å². The van der Waals surface area contributed by atoms with Gasteiger partial charge in [0, 0.05) is 12.0 Å². The summed E-state index contributed by atoms with van der Waals surface area (Å²) < 4.78 is 0. The molecule has 0 bridgehead atoms. The van der Waals surface area contributed by atoms with Gasteiger partial charge in [0.1, 0.15) is 5.69 Å². The van der Waals surface area contributed by atoms with Crippen LogP contribution in [0.4, 0.5) is 11.4 Å². The van der Waals surface area contributed by atoms with Crippen LogP contribution in [0, 0.1) is 22.0 Å². The lowest BCUT2D eigenvalue weighted by molar-refractivity contribution is -0.902. The van der Waals surface area contributed by atoms with E-state index in [0.29, 0.717) is 6.54 Å². The zero-order valence-electron chi connectivity index (χ0n) is 13.3. The first-order valence-corrected chi connectivity index (χ1v) is 8.50. The van der Waals surface area contributed by atoms with E-state index in [-0.39, 0.29) is 17.3 Å². The molecule has 1 saturated heterocycles. The van der Waals surface area contributed by atoms with E-state index in [1.807, 2.05) is 0 Å². The van der Waals surface area contributed by atoms with E-state index in [4.69, 9.17) is 0 Å². The first kappa shape index (κ1) is 15.9. The summed E-state index contributed by atoms with van der Waals surface area (Å²) in [5.41, 5.74) is 0.233. The summed E-state index contributed by atoms with van der Waals surface area (Å²) in [6.07, 6.45) is 6.52. The summed E-state index contributed by atoms with van der Waals surface area (Å²) in [5, 5.41) is 13.7. The van der Waals surface area contributed by atoms with Crippen LogP contribution in [0.25, 0.3) is 0 Å². The molecular weight excluding hydrogens is 294 g/mol. The van der Waals surface area contributed by atoms with Crippen LogP contribution in [-0.4, -0.2) is 30.5 Å². The van der Waals surface area contributed by atoms with Crippen LogP contribution in [0.15, 0.2) is 24.3 Å². The molecule has 1 aliphatic carbocycles. The average Bonchev–Trinajstić information content (AvgIpc) is 2.55. The van der Waals surface area contributed by atoms with E-state index in [0.717, 1.165) is 24.9 Å². The lowest BCUT2D eigenvalue weighted by atomic mass is 9.75. The molecule has 1 amide bonds. The SMILES string of the molecule is O=C(C[NH+]1CC[C@@H]2CCCC[C@@H]2C1)Nc1ccccc1[N+](=O)[O-]. The van der Waals surface area contributed by atoms with Gasteiger partial charge in [-0.1, -0.05) is 25.0 Å². The number of carbonyl (C=O) groups is 1. The van der Waals surface area contributed by atoms with Crippen molar-refractivity contribution in [2.45, 2.75) is 32.1 Å². The number of anilines is 1. The summed E-state index contributed by atoms with van der Waals surface area (Å²) in [5.74, 6) is 1.47. The van der Waals surface area contributed by atoms with Gasteiger partial charge in [0.15, 0.2) is 6.54 Å². The fourth-order valence-corrected chi connectivity index (χ4v) is 4.12. The molecule has 1 aromatic carbocycles. The minimum atomic E-state index is -0.462. The quantitative estimate of drug-likeness (QED) is 0.654. The summed E-state index contributed by atoms with van der Waals surface area (Å²) >= 11 is 0. The molecule has 1 aliphatic heterocycles. The van der Waals surface area contributed by atoms with Gasteiger partial charge >= 0.3 is 0 Å². The molecule has 6 nitrogen and oxygen atoms in total. The molecule has 3 atom stereocenters. The van der Waals surface area contributed by atoms with Crippen molar-refractivity contribution in [2.75, 3.05) is 25.0 Å². The van der Waals surface area contributed by atoms with Gasteiger partial charge in [-0.25, -0.2) is 0 Å². The van der Waals surface area contributed by atoms with E-state index in [9.17, 15) is 14.9 Å². The minimum Gasteiger partial charge on any atom is -0.327 e. The van der Waals surface area contributed by atoms with E-state index >= 15 is 0 Å². The molecule has 0 aromatic heterocycles. The second-order valence-electron chi connectivity index (χ2n) is 6.80. The van der Waals surface area contributed by atoms with E-state index in [2.05, 4.69) is 5.32 Å². The fraction of sp³-hybridized carbons (Fsp3) is 0.588. The first-order valence-electron chi connectivity index (χ1n) is 8.50. The third kappa shape index (κ3) is 3.88. The number of hydrogen-bond acceptors (Lipinski definition) is 3. The molecule has 1 heterocycles. The van der Waals surface area contributed by atoms with Crippen LogP contribution in [0.5, 0.6) is 0 Å². The van der Waals surface area contributed by atoms with Gasteiger partial charge in [-0.3, -0.25) is 14.9 Å². The Morgan fingerprint density at radius 3 is 2.74 bits per heavy atom. The normalized spacial score (nSPS) is 27.0. The molecule has 0 radical (unpaired) electrons. The number of rotatable bonds is 4. The number of hydrogen-bond donors (Lipinski definition) is 2. The minimum absolute atomic E-state index is 0.0539. The number of para-hydroxylation sites is 2. The van der Waals surface area contributed by atoms with Crippen LogP contribution in [0.2, 0.25) is 0 Å². The predicted octanol–water partition coefficient (Wildman–Crippen LogP) is 1.63. The number of amides is 1. The molecule has 2 fully saturated rings. The predicted molar refractivity (Wildman–Crippen MR) is 87.4 cm³/mol. The number of quaternary nitrogens is 1. The summed E-state index contributed by atoms with van der Waals surface area (Å²) in [4.78, 5) is 24.1. The first-order chi connectivity index (χ1) is 11.1. The van der Waals surface area contributed by atoms with Gasteiger partial charge in [-0.05, 0) is 31.2 Å². The van der Waals surface area contributed by atoms with Crippen molar-refractivity contribution in [1.82, 2.24) is 0 Å². The molecule has 2 N–H and O–H groups in total. The molecule has 23 heavy (non-hydrogen) atoms. The molecule has 0 spiro atoms. The molecule has 6 heteroatoms. The van der Waals surface area contributed by atoms with Crippen LogP contribution in [0.3, 0.4) is 0 Å². The maximum absolute atomic E-state index is 12.3. The third-order valence-corrected chi connectivity index (χ3v) is 5.27. The van der Waals surface area contributed by atoms with Crippen LogP contribution in [0.1, 0.15) is 32.1 Å². The number of nitrogens with one attached hydrogen (secondary N) is 2. The Labute approximate surface area is 136 Å². The average molecular weight is 318 g/mol. The Kier molecular flexibility index (Phi) is 4.91. The van der Waals surface area contributed by atoms with Crippen molar-refractivity contribution < 1.29 is 14.6 Å². The number of nitro groups is 1. The van der Waals surface area contributed by atoms with Crippen molar-refractivity contribution in [3.63, 3.8) is 0 Å². The van der Waals surface area contributed by atoms with Crippen molar-refractivity contribution in [3.8, 4) is 0 Å². The van der Waals surface area contributed by atoms with Crippen LogP contribution in [-0.2, 0) is 4.79 Å². The molecule has 1 aromatic rings. The standard InChI is InChI=1S/C17H23N3O3/c21-17(18-15-7-3-4-8-16(15)20(22)23)12-19-10-9-13-5-1-2-6-14(13)11-19/h3-4,7-8,13-14H,1-2,5-6,9-12H2,(H,18,21)/p+1/t13-,14+/m0/s1. The Morgan fingerprint density at radius 2 is 1.96 bits per heavy atom. The van der Waals surface area contributed by atoms with E-state index < -0.39 is 4.92 Å². The lowest BCUT2D eigenvalue weighted by Gasteiger charge is -2.38. The molecule has 3 rings (SSSR count). The summed E-state index contributed by atoms with van der Waals surface area (Å²) in [7, 11) is 0. The highest BCUT2D eigenvalue weighted by molar-refractivity contribution is 5.93. The molecular formula is C17H24N3O3+. The topological polar surface area (TPSA) is 76.7 Å². The fourth-order valence-electron chi connectivity index (χ4n) is 4.12. The van der Waals surface area contributed by atoms with E-state index in [1.54, 1.807) is 18.2 Å². The highest BCUT2D eigenvalue weighted by atomic mass is 16.6. The van der Waals surface area contributed by atoms with Crippen LogP contribution >= 0.6 is 0 Å². The second-order valence-corrected chi connectivity index (χ2v) is 6.80. The highest BCUT2D eigenvalue weighted by Gasteiger charge is 2.34. The highest BCUT2D eigenvalue weighted by Crippen LogP contribution is 2.32. The number of fused-ring (bicyclic) bond motifs is 1. The Hall–Kier alpha value is -1.95. The van der Waals surface area contributed by atoms with Gasteiger partial charge in [-0.2, -0.15) is 0 Å². The number of nitro benzene ring substituents is 1. The number of nitrogens with zero attached hydrogens (tertiary/aromatic N) is 1. The van der Waals surface area contributed by atoms with Crippen molar-refractivity contribution in [1.29, 1.82) is 0 Å². The van der Waals surface area contributed by atoms with Gasteiger partial charge in [0.2, 0.25) is 0 Å². The monoisotopic (exact) mass is 318 g/mol.